The lowest BCUT2D eigenvalue weighted by Crippen LogP contribution is -2.13. The summed E-state index contributed by atoms with van der Waals surface area (Å²) in [5.41, 5.74) is 15.1. The third kappa shape index (κ3) is 3.89. The number of anilines is 3. The van der Waals surface area contributed by atoms with Crippen molar-refractivity contribution >= 4 is 44.0 Å². The Hall–Kier alpha value is -3.58. The Labute approximate surface area is 165 Å². The molecule has 5 N–H and O–H groups in total. The molecule has 4 aromatic rings. The monoisotopic (exact) mass is 390 g/mol. The molecule has 0 radical (unpaired) electrons. The first-order chi connectivity index (χ1) is 13.6. The first-order valence-corrected chi connectivity index (χ1v) is 9.44. The standard InChI is InChI=1S/C21H18N4O2S/c22-16-3-1-2-4-17(16)24-20(26)14-7-5-13(6-8-14)12-27-15-9-10-18-19(11-15)28-21(23)25-18/h1-11H,12,22H2,(H2,23,25)(H,24,26). The average Bonchev–Trinajstić information content (AvgIpc) is 3.07. The van der Waals surface area contributed by atoms with E-state index in [0.717, 1.165) is 21.5 Å². The van der Waals surface area contributed by atoms with Gasteiger partial charge in [-0.15, -0.1) is 0 Å². The Morgan fingerprint density at radius 3 is 2.61 bits per heavy atom. The molecule has 0 atom stereocenters. The number of nitrogen functional groups attached to an aromatic ring is 2. The second-order valence-corrected chi connectivity index (χ2v) is 7.27. The molecular weight excluding hydrogens is 372 g/mol. The van der Waals surface area contributed by atoms with E-state index in [2.05, 4.69) is 10.3 Å². The van der Waals surface area contributed by atoms with Gasteiger partial charge in [-0.2, -0.15) is 0 Å². The second kappa shape index (κ2) is 7.58. The highest BCUT2D eigenvalue weighted by molar-refractivity contribution is 7.22. The van der Waals surface area contributed by atoms with E-state index in [1.807, 2.05) is 42.5 Å². The summed E-state index contributed by atoms with van der Waals surface area (Å²) in [5.74, 6) is 0.538. The zero-order valence-corrected chi connectivity index (χ0v) is 15.7. The van der Waals surface area contributed by atoms with Crippen molar-refractivity contribution < 1.29 is 9.53 Å². The van der Waals surface area contributed by atoms with Crippen molar-refractivity contribution in [2.75, 3.05) is 16.8 Å². The minimum atomic E-state index is -0.210. The van der Waals surface area contributed by atoms with Crippen LogP contribution < -0.4 is 21.5 Å². The molecule has 0 fully saturated rings. The lowest BCUT2D eigenvalue weighted by Gasteiger charge is -2.09. The normalized spacial score (nSPS) is 10.7. The second-order valence-electron chi connectivity index (χ2n) is 6.21. The van der Waals surface area contributed by atoms with Gasteiger partial charge in [0.2, 0.25) is 0 Å². The molecule has 0 spiro atoms. The van der Waals surface area contributed by atoms with Gasteiger partial charge in [-0.3, -0.25) is 4.79 Å². The molecular formula is C21H18N4O2S. The quantitative estimate of drug-likeness (QED) is 0.441. The molecule has 0 saturated heterocycles. The Bertz CT molecular complexity index is 1140. The number of hydrogen-bond donors (Lipinski definition) is 3. The summed E-state index contributed by atoms with van der Waals surface area (Å²) in [6, 6.07) is 20.1. The summed E-state index contributed by atoms with van der Waals surface area (Å²) in [4.78, 5) is 16.6. The molecule has 7 heteroatoms. The number of carbonyl (C=O) groups is 1. The minimum Gasteiger partial charge on any atom is -0.489 e. The van der Waals surface area contributed by atoms with Gasteiger partial charge >= 0.3 is 0 Å². The zero-order valence-electron chi connectivity index (χ0n) is 14.9. The van der Waals surface area contributed by atoms with Crippen LogP contribution in [0.5, 0.6) is 5.75 Å². The summed E-state index contributed by atoms with van der Waals surface area (Å²) < 4.78 is 6.83. The molecule has 0 aliphatic carbocycles. The number of nitrogens with zero attached hydrogens (tertiary/aromatic N) is 1. The maximum absolute atomic E-state index is 12.4. The molecule has 4 rings (SSSR count). The summed E-state index contributed by atoms with van der Waals surface area (Å²) in [7, 11) is 0. The lowest BCUT2D eigenvalue weighted by molar-refractivity contribution is 0.102. The maximum atomic E-state index is 12.4. The van der Waals surface area contributed by atoms with Crippen LogP contribution in [0.3, 0.4) is 0 Å². The highest BCUT2D eigenvalue weighted by Gasteiger charge is 2.08. The van der Waals surface area contributed by atoms with Crippen LogP contribution in [0.15, 0.2) is 66.7 Å². The molecule has 0 aliphatic rings. The van der Waals surface area contributed by atoms with Crippen LogP contribution in [0.25, 0.3) is 10.2 Å². The fourth-order valence-corrected chi connectivity index (χ4v) is 3.50. The van der Waals surface area contributed by atoms with Crippen molar-refractivity contribution in [2.24, 2.45) is 0 Å². The molecule has 0 unspecified atom stereocenters. The molecule has 1 heterocycles. The Morgan fingerprint density at radius 1 is 1.04 bits per heavy atom. The Balaban J connectivity index is 1.39. The van der Waals surface area contributed by atoms with Crippen LogP contribution in [0.4, 0.5) is 16.5 Å². The topological polar surface area (TPSA) is 103 Å². The number of aromatic nitrogens is 1. The van der Waals surface area contributed by atoms with Crippen LogP contribution in [0.2, 0.25) is 0 Å². The summed E-state index contributed by atoms with van der Waals surface area (Å²) in [5, 5.41) is 3.35. The third-order valence-electron chi connectivity index (χ3n) is 4.21. The van der Waals surface area contributed by atoms with Crippen molar-refractivity contribution in [3.8, 4) is 5.75 Å². The van der Waals surface area contributed by atoms with Gasteiger partial charge in [0.1, 0.15) is 12.4 Å². The van der Waals surface area contributed by atoms with Gasteiger partial charge in [0.05, 0.1) is 21.6 Å². The first kappa shape index (κ1) is 17.8. The van der Waals surface area contributed by atoms with E-state index in [0.29, 0.717) is 28.7 Å². The largest absolute Gasteiger partial charge is 0.489 e. The number of nitrogens with two attached hydrogens (primary N) is 2. The van der Waals surface area contributed by atoms with E-state index in [-0.39, 0.29) is 5.91 Å². The van der Waals surface area contributed by atoms with Crippen molar-refractivity contribution in [1.82, 2.24) is 4.98 Å². The van der Waals surface area contributed by atoms with Crippen molar-refractivity contribution in [3.63, 3.8) is 0 Å². The van der Waals surface area contributed by atoms with Gasteiger partial charge in [0, 0.05) is 5.56 Å². The van der Waals surface area contributed by atoms with Gasteiger partial charge < -0.3 is 21.5 Å². The average molecular weight is 390 g/mol. The molecule has 0 saturated carbocycles. The van der Waals surface area contributed by atoms with E-state index in [9.17, 15) is 4.79 Å². The summed E-state index contributed by atoms with van der Waals surface area (Å²) >= 11 is 1.43. The summed E-state index contributed by atoms with van der Waals surface area (Å²) in [6.07, 6.45) is 0. The number of ether oxygens (including phenoxy) is 1. The molecule has 6 nitrogen and oxygen atoms in total. The van der Waals surface area contributed by atoms with Gasteiger partial charge in [-0.1, -0.05) is 35.6 Å². The molecule has 0 aliphatic heterocycles. The third-order valence-corrected chi connectivity index (χ3v) is 5.05. The molecule has 3 aromatic carbocycles. The van der Waals surface area contributed by atoms with Gasteiger partial charge in [0.25, 0.3) is 5.91 Å². The lowest BCUT2D eigenvalue weighted by atomic mass is 10.1. The van der Waals surface area contributed by atoms with Gasteiger partial charge in [-0.05, 0) is 48.0 Å². The zero-order chi connectivity index (χ0) is 19.5. The SMILES string of the molecule is Nc1nc2ccc(OCc3ccc(C(=O)Nc4ccccc4N)cc3)cc2s1. The van der Waals surface area contributed by atoms with Crippen LogP contribution in [0.1, 0.15) is 15.9 Å². The number of rotatable bonds is 5. The van der Waals surface area contributed by atoms with Crippen LogP contribution in [-0.4, -0.2) is 10.9 Å². The highest BCUT2D eigenvalue weighted by atomic mass is 32.1. The number of amides is 1. The molecule has 28 heavy (non-hydrogen) atoms. The number of nitrogens with one attached hydrogen (secondary N) is 1. The number of hydrogen-bond acceptors (Lipinski definition) is 6. The highest BCUT2D eigenvalue weighted by Crippen LogP contribution is 2.28. The molecule has 0 bridgehead atoms. The van der Waals surface area contributed by atoms with Crippen LogP contribution in [-0.2, 0) is 6.61 Å². The van der Waals surface area contributed by atoms with Crippen molar-refractivity contribution in [3.05, 3.63) is 77.9 Å². The van der Waals surface area contributed by atoms with E-state index in [1.54, 1.807) is 24.3 Å². The summed E-state index contributed by atoms with van der Waals surface area (Å²) in [6.45, 7) is 0.396. The van der Waals surface area contributed by atoms with Crippen molar-refractivity contribution in [1.29, 1.82) is 0 Å². The van der Waals surface area contributed by atoms with Gasteiger partial charge in [-0.25, -0.2) is 4.98 Å². The molecule has 1 amide bonds. The smallest absolute Gasteiger partial charge is 0.255 e. The van der Waals surface area contributed by atoms with E-state index in [1.165, 1.54) is 11.3 Å². The Kier molecular flexibility index (Phi) is 4.82. The number of carbonyl (C=O) groups excluding carboxylic acids is 1. The van der Waals surface area contributed by atoms with E-state index < -0.39 is 0 Å². The van der Waals surface area contributed by atoms with E-state index >= 15 is 0 Å². The fourth-order valence-electron chi connectivity index (χ4n) is 2.74. The van der Waals surface area contributed by atoms with Crippen molar-refractivity contribution in [2.45, 2.75) is 6.61 Å². The first-order valence-electron chi connectivity index (χ1n) is 8.62. The Morgan fingerprint density at radius 2 is 1.82 bits per heavy atom. The van der Waals surface area contributed by atoms with Crippen LogP contribution >= 0.6 is 11.3 Å². The number of thiazole rings is 1. The minimum absolute atomic E-state index is 0.210. The maximum Gasteiger partial charge on any atom is 0.255 e. The predicted molar refractivity (Wildman–Crippen MR) is 114 cm³/mol. The van der Waals surface area contributed by atoms with E-state index in [4.69, 9.17) is 16.2 Å². The number of para-hydroxylation sites is 2. The molecule has 1 aromatic heterocycles. The van der Waals surface area contributed by atoms with Crippen LogP contribution in [0, 0.1) is 0 Å². The predicted octanol–water partition coefficient (Wildman–Crippen LogP) is 4.29. The van der Waals surface area contributed by atoms with Gasteiger partial charge in [0.15, 0.2) is 5.13 Å². The fraction of sp³-hybridized carbons (Fsp3) is 0.0476. The number of fused-ring (bicyclic) bond motifs is 1. The number of benzene rings is 3. The molecule has 140 valence electrons.